The lowest BCUT2D eigenvalue weighted by molar-refractivity contribution is -0.394. The van der Waals surface area contributed by atoms with Crippen molar-refractivity contribution in [1.29, 1.82) is 0 Å². The highest BCUT2D eigenvalue weighted by atomic mass is 16.6. The molecule has 2 N–H and O–H groups in total. The molecule has 0 fully saturated rings. The van der Waals surface area contributed by atoms with Crippen LogP contribution < -0.4 is 15.5 Å². The summed E-state index contributed by atoms with van der Waals surface area (Å²) in [6.45, 7) is 1.89. The van der Waals surface area contributed by atoms with E-state index >= 15 is 0 Å². The third-order valence-electron chi connectivity index (χ3n) is 4.35. The number of rotatable bonds is 7. The van der Waals surface area contributed by atoms with E-state index in [0.29, 0.717) is 11.3 Å². The highest BCUT2D eigenvalue weighted by Crippen LogP contribution is 2.34. The summed E-state index contributed by atoms with van der Waals surface area (Å²) in [6, 6.07) is 16.0. The summed E-state index contributed by atoms with van der Waals surface area (Å²) in [5.41, 5.74) is 3.14. The predicted octanol–water partition coefficient (Wildman–Crippen LogP) is 3.69. The smallest absolute Gasteiger partial charge is 0.329 e. The van der Waals surface area contributed by atoms with Crippen LogP contribution >= 0.6 is 0 Å². The van der Waals surface area contributed by atoms with Crippen molar-refractivity contribution in [2.45, 2.75) is 6.92 Å². The highest BCUT2D eigenvalue weighted by Gasteiger charge is 2.21. The van der Waals surface area contributed by atoms with Crippen LogP contribution in [0.15, 0.2) is 71.8 Å². The van der Waals surface area contributed by atoms with Gasteiger partial charge < -0.3 is 10.1 Å². The van der Waals surface area contributed by atoms with E-state index in [9.17, 15) is 29.8 Å². The van der Waals surface area contributed by atoms with Crippen molar-refractivity contribution >= 4 is 35.1 Å². The molecule has 0 aromatic heterocycles. The van der Waals surface area contributed by atoms with Crippen molar-refractivity contribution in [1.82, 2.24) is 5.43 Å². The summed E-state index contributed by atoms with van der Waals surface area (Å²) in [5.74, 6) is -1.77. The summed E-state index contributed by atoms with van der Waals surface area (Å²) in [5, 5.41) is 28.2. The van der Waals surface area contributed by atoms with Gasteiger partial charge in [-0.15, -0.1) is 0 Å². The third-order valence-corrected chi connectivity index (χ3v) is 4.35. The minimum absolute atomic E-state index is 0.163. The first kappa shape index (κ1) is 23.5. The zero-order valence-corrected chi connectivity index (χ0v) is 17.6. The first-order valence-electron chi connectivity index (χ1n) is 9.65. The van der Waals surface area contributed by atoms with Crippen molar-refractivity contribution in [3.8, 4) is 11.5 Å². The quantitative estimate of drug-likeness (QED) is 0.233. The van der Waals surface area contributed by atoms with Gasteiger partial charge >= 0.3 is 17.5 Å². The molecule has 34 heavy (non-hydrogen) atoms. The van der Waals surface area contributed by atoms with Crippen LogP contribution in [0.4, 0.5) is 17.1 Å². The molecule has 0 bridgehead atoms. The van der Waals surface area contributed by atoms with Gasteiger partial charge in [0.05, 0.1) is 22.1 Å². The first-order chi connectivity index (χ1) is 16.2. The van der Waals surface area contributed by atoms with E-state index in [1.54, 1.807) is 36.4 Å². The second kappa shape index (κ2) is 10.5. The van der Waals surface area contributed by atoms with Crippen LogP contribution in [-0.2, 0) is 9.59 Å². The Bertz CT molecular complexity index is 1270. The van der Waals surface area contributed by atoms with Gasteiger partial charge in [0.25, 0.3) is 5.69 Å². The standard InChI is InChI=1S/C22H17N5O7/c1-14-2-6-16(7-3-14)24-21(28)22(29)25-23-13-15-4-9-18(10-5-15)34-20-11-8-17(26(30)31)12-19(20)27(32)33/h2-13H,1H3,(H,24,28)(H,25,29)/b23-13+. The average molecular weight is 463 g/mol. The fourth-order valence-corrected chi connectivity index (χ4v) is 2.64. The normalized spacial score (nSPS) is 10.5. The molecule has 12 heteroatoms. The molecule has 12 nitrogen and oxygen atoms in total. The van der Waals surface area contributed by atoms with Crippen molar-refractivity contribution in [2.24, 2.45) is 5.10 Å². The minimum atomic E-state index is -0.956. The lowest BCUT2D eigenvalue weighted by Gasteiger charge is -2.06. The van der Waals surface area contributed by atoms with Crippen LogP contribution in [0.5, 0.6) is 11.5 Å². The molecule has 0 aliphatic rings. The van der Waals surface area contributed by atoms with Crippen LogP contribution in [0, 0.1) is 27.2 Å². The van der Waals surface area contributed by atoms with E-state index in [4.69, 9.17) is 4.74 Å². The largest absolute Gasteiger partial charge is 0.450 e. The van der Waals surface area contributed by atoms with Gasteiger partial charge in [-0.25, -0.2) is 5.43 Å². The Kier molecular flexibility index (Phi) is 7.24. The van der Waals surface area contributed by atoms with Crippen LogP contribution in [-0.4, -0.2) is 27.9 Å². The van der Waals surface area contributed by atoms with Gasteiger partial charge in [0.1, 0.15) is 5.75 Å². The number of ether oxygens (including phenoxy) is 1. The number of hydrogen-bond donors (Lipinski definition) is 2. The Balaban J connectivity index is 1.59. The SMILES string of the molecule is Cc1ccc(NC(=O)C(=O)N/N=C/c2ccc(Oc3ccc([N+](=O)[O-])cc3[N+](=O)[O-])cc2)cc1. The maximum atomic E-state index is 11.9. The molecular weight excluding hydrogens is 446 g/mol. The van der Waals surface area contributed by atoms with Crippen molar-refractivity contribution < 1.29 is 24.2 Å². The number of nitrogens with one attached hydrogen (secondary N) is 2. The number of aryl methyl sites for hydroxylation is 1. The van der Waals surface area contributed by atoms with Gasteiger partial charge in [-0.2, -0.15) is 5.10 Å². The fraction of sp³-hybridized carbons (Fsp3) is 0.0455. The third kappa shape index (κ3) is 6.20. The summed E-state index contributed by atoms with van der Waals surface area (Å²) in [4.78, 5) is 44.3. The van der Waals surface area contributed by atoms with Crippen molar-refractivity contribution in [2.75, 3.05) is 5.32 Å². The van der Waals surface area contributed by atoms with Crippen LogP contribution in [0.25, 0.3) is 0 Å². The molecule has 2 amide bonds. The van der Waals surface area contributed by atoms with Crippen LogP contribution in [0.1, 0.15) is 11.1 Å². The molecule has 0 radical (unpaired) electrons. The number of hydrogen-bond acceptors (Lipinski definition) is 8. The van der Waals surface area contributed by atoms with Crippen molar-refractivity contribution in [3.05, 3.63) is 98.1 Å². The monoisotopic (exact) mass is 463 g/mol. The number of benzene rings is 3. The van der Waals surface area contributed by atoms with Crippen LogP contribution in [0.3, 0.4) is 0 Å². The molecule has 3 aromatic carbocycles. The van der Waals surface area contributed by atoms with Gasteiger partial charge in [-0.3, -0.25) is 29.8 Å². The summed E-state index contributed by atoms with van der Waals surface area (Å²) in [6.07, 6.45) is 1.29. The van der Waals surface area contributed by atoms with Gasteiger partial charge in [-0.05, 0) is 55.0 Å². The van der Waals surface area contributed by atoms with E-state index in [1.165, 1.54) is 18.3 Å². The van der Waals surface area contributed by atoms with Gasteiger partial charge in [0.2, 0.25) is 5.75 Å². The number of nitro groups is 2. The Hall–Kier alpha value is -5.13. The number of anilines is 1. The number of non-ortho nitro benzene ring substituents is 1. The topological polar surface area (TPSA) is 166 Å². The number of carbonyl (C=O) groups excluding carboxylic acids is 2. The summed E-state index contributed by atoms with van der Waals surface area (Å²) in [7, 11) is 0. The number of nitrogens with zero attached hydrogens (tertiary/aromatic N) is 3. The average Bonchev–Trinajstić information content (AvgIpc) is 2.81. The number of nitro benzene ring substituents is 2. The Morgan fingerprint density at radius 2 is 1.59 bits per heavy atom. The molecule has 3 aromatic rings. The Morgan fingerprint density at radius 1 is 0.912 bits per heavy atom. The minimum Gasteiger partial charge on any atom is -0.450 e. The van der Waals surface area contributed by atoms with Gasteiger partial charge in [0.15, 0.2) is 0 Å². The lowest BCUT2D eigenvalue weighted by atomic mass is 10.2. The number of amides is 2. The number of hydrazone groups is 1. The summed E-state index contributed by atoms with van der Waals surface area (Å²) < 4.78 is 5.47. The second-order valence-electron chi connectivity index (χ2n) is 6.86. The van der Waals surface area contributed by atoms with Gasteiger partial charge in [-0.1, -0.05) is 17.7 Å². The highest BCUT2D eigenvalue weighted by molar-refractivity contribution is 6.39. The van der Waals surface area contributed by atoms with Gasteiger partial charge in [0, 0.05) is 11.8 Å². The maximum absolute atomic E-state index is 11.9. The zero-order valence-electron chi connectivity index (χ0n) is 17.6. The van der Waals surface area contributed by atoms with E-state index < -0.39 is 33.0 Å². The maximum Gasteiger partial charge on any atom is 0.329 e. The van der Waals surface area contributed by atoms with E-state index in [0.717, 1.165) is 23.8 Å². The second-order valence-corrected chi connectivity index (χ2v) is 6.86. The van der Waals surface area contributed by atoms with Crippen molar-refractivity contribution in [3.63, 3.8) is 0 Å². The molecule has 0 spiro atoms. The zero-order chi connectivity index (χ0) is 24.7. The number of carbonyl (C=O) groups is 2. The summed E-state index contributed by atoms with van der Waals surface area (Å²) >= 11 is 0. The molecule has 0 saturated carbocycles. The predicted molar refractivity (Wildman–Crippen MR) is 122 cm³/mol. The fourth-order valence-electron chi connectivity index (χ4n) is 2.64. The molecule has 3 rings (SSSR count). The molecule has 0 heterocycles. The van der Waals surface area contributed by atoms with E-state index in [2.05, 4.69) is 15.8 Å². The lowest BCUT2D eigenvalue weighted by Crippen LogP contribution is -2.32. The molecule has 0 unspecified atom stereocenters. The molecule has 172 valence electrons. The molecule has 0 saturated heterocycles. The van der Waals surface area contributed by atoms with E-state index in [-0.39, 0.29) is 11.5 Å². The Morgan fingerprint density at radius 3 is 2.21 bits per heavy atom. The molecule has 0 atom stereocenters. The molecule has 0 aliphatic carbocycles. The molecule has 0 aliphatic heterocycles. The van der Waals surface area contributed by atoms with E-state index in [1.807, 2.05) is 6.92 Å². The Labute approximate surface area is 192 Å². The first-order valence-corrected chi connectivity index (χ1v) is 9.65. The van der Waals surface area contributed by atoms with Crippen LogP contribution in [0.2, 0.25) is 0 Å². The molecular formula is C22H17N5O7.